The number of hydrogen-bond acceptors (Lipinski definition) is 3. The second kappa shape index (κ2) is 7.74. The fourth-order valence-corrected chi connectivity index (χ4v) is 3.55. The highest BCUT2D eigenvalue weighted by Crippen LogP contribution is 2.18. The molecule has 0 atom stereocenters. The number of anilines is 1. The van der Waals surface area contributed by atoms with E-state index < -0.39 is 21.7 Å². The first-order valence-corrected chi connectivity index (χ1v) is 8.96. The Balaban J connectivity index is 2.11. The molecule has 0 saturated heterocycles. The summed E-state index contributed by atoms with van der Waals surface area (Å²) in [6, 6.07) is 10.9. The molecule has 0 heterocycles. The molecule has 0 aliphatic heterocycles. The van der Waals surface area contributed by atoms with Gasteiger partial charge in [0.25, 0.3) is 0 Å². The highest BCUT2D eigenvalue weighted by Gasteiger charge is 2.25. The Labute approximate surface area is 145 Å². The van der Waals surface area contributed by atoms with Gasteiger partial charge in [0.2, 0.25) is 15.9 Å². The van der Waals surface area contributed by atoms with Crippen molar-refractivity contribution in [1.29, 1.82) is 0 Å². The zero-order valence-corrected chi connectivity index (χ0v) is 14.4. The first-order chi connectivity index (χ1) is 11.3. The molecule has 1 amide bonds. The van der Waals surface area contributed by atoms with Gasteiger partial charge in [-0.3, -0.25) is 4.79 Å². The number of amides is 1. The molecule has 2 aromatic rings. The third-order valence-electron chi connectivity index (χ3n) is 3.25. The Kier molecular flexibility index (Phi) is 5.93. The van der Waals surface area contributed by atoms with Crippen LogP contribution in [0.25, 0.3) is 0 Å². The highest BCUT2D eigenvalue weighted by molar-refractivity contribution is 7.89. The zero-order valence-electron chi connectivity index (χ0n) is 12.9. The quantitative estimate of drug-likeness (QED) is 0.849. The fourth-order valence-electron chi connectivity index (χ4n) is 2.02. The van der Waals surface area contributed by atoms with E-state index in [-0.39, 0.29) is 18.0 Å². The van der Waals surface area contributed by atoms with Gasteiger partial charge in [-0.1, -0.05) is 18.5 Å². The number of sulfonamides is 1. The molecule has 128 valence electrons. The maximum atomic E-state index is 12.9. The van der Waals surface area contributed by atoms with Crippen LogP contribution in [0.1, 0.15) is 6.92 Å². The molecule has 0 bridgehead atoms. The largest absolute Gasteiger partial charge is 0.325 e. The molecule has 0 saturated carbocycles. The Morgan fingerprint density at radius 1 is 1.12 bits per heavy atom. The summed E-state index contributed by atoms with van der Waals surface area (Å²) >= 11 is 5.76. The van der Waals surface area contributed by atoms with E-state index in [1.54, 1.807) is 6.92 Å². The van der Waals surface area contributed by atoms with Crippen molar-refractivity contribution < 1.29 is 17.6 Å². The molecule has 1 N–H and O–H groups in total. The molecule has 0 aromatic heterocycles. The van der Waals surface area contributed by atoms with Crippen molar-refractivity contribution in [3.05, 3.63) is 59.4 Å². The van der Waals surface area contributed by atoms with E-state index in [2.05, 4.69) is 5.32 Å². The fraction of sp³-hybridized carbons (Fsp3) is 0.188. The topological polar surface area (TPSA) is 66.5 Å². The number of rotatable bonds is 6. The Morgan fingerprint density at radius 3 is 2.25 bits per heavy atom. The van der Waals surface area contributed by atoms with Gasteiger partial charge >= 0.3 is 0 Å². The summed E-state index contributed by atoms with van der Waals surface area (Å²) in [6.07, 6.45) is 0. The SMILES string of the molecule is CCN(CC(=O)Nc1ccc(F)cc1)S(=O)(=O)c1ccc(Cl)cc1. The number of hydrogen-bond donors (Lipinski definition) is 1. The van der Waals surface area contributed by atoms with Crippen molar-refractivity contribution in [2.24, 2.45) is 0 Å². The van der Waals surface area contributed by atoms with Gasteiger partial charge in [-0.05, 0) is 48.5 Å². The van der Waals surface area contributed by atoms with E-state index in [9.17, 15) is 17.6 Å². The third-order valence-corrected chi connectivity index (χ3v) is 5.44. The molecule has 0 aliphatic carbocycles. The lowest BCUT2D eigenvalue weighted by Crippen LogP contribution is -2.37. The molecule has 0 fully saturated rings. The smallest absolute Gasteiger partial charge is 0.243 e. The summed E-state index contributed by atoms with van der Waals surface area (Å²) in [5, 5.41) is 2.96. The van der Waals surface area contributed by atoms with Gasteiger partial charge in [0.15, 0.2) is 0 Å². The van der Waals surface area contributed by atoms with E-state index >= 15 is 0 Å². The average molecular weight is 371 g/mol. The summed E-state index contributed by atoms with van der Waals surface area (Å²) in [7, 11) is -3.81. The van der Waals surface area contributed by atoms with Gasteiger partial charge in [-0.25, -0.2) is 12.8 Å². The highest BCUT2D eigenvalue weighted by atomic mass is 35.5. The van der Waals surface area contributed by atoms with Crippen LogP contribution in [0.3, 0.4) is 0 Å². The van der Waals surface area contributed by atoms with Gasteiger partial charge in [0, 0.05) is 17.3 Å². The van der Waals surface area contributed by atoms with Crippen molar-refractivity contribution in [2.45, 2.75) is 11.8 Å². The number of benzene rings is 2. The van der Waals surface area contributed by atoms with Crippen LogP contribution in [0.15, 0.2) is 53.4 Å². The van der Waals surface area contributed by atoms with Crippen LogP contribution in [0, 0.1) is 5.82 Å². The van der Waals surface area contributed by atoms with Gasteiger partial charge in [-0.2, -0.15) is 4.31 Å². The van der Waals surface area contributed by atoms with E-state index in [0.29, 0.717) is 10.7 Å². The van der Waals surface area contributed by atoms with Crippen LogP contribution in [-0.4, -0.2) is 31.7 Å². The van der Waals surface area contributed by atoms with E-state index in [4.69, 9.17) is 11.6 Å². The minimum atomic E-state index is -3.81. The monoisotopic (exact) mass is 370 g/mol. The molecule has 24 heavy (non-hydrogen) atoms. The molecule has 2 aromatic carbocycles. The molecule has 0 aliphatic rings. The molecule has 5 nitrogen and oxygen atoms in total. The minimum Gasteiger partial charge on any atom is -0.325 e. The van der Waals surface area contributed by atoms with Crippen LogP contribution >= 0.6 is 11.6 Å². The summed E-state index contributed by atoms with van der Waals surface area (Å²) < 4.78 is 39.0. The average Bonchev–Trinajstić information content (AvgIpc) is 2.55. The number of nitrogens with one attached hydrogen (secondary N) is 1. The number of carbonyl (C=O) groups is 1. The van der Waals surface area contributed by atoms with E-state index in [0.717, 1.165) is 4.31 Å². The predicted molar refractivity (Wildman–Crippen MR) is 90.9 cm³/mol. The van der Waals surface area contributed by atoms with E-state index in [1.807, 2.05) is 0 Å². The van der Waals surface area contributed by atoms with Crippen molar-refractivity contribution in [1.82, 2.24) is 4.31 Å². The summed E-state index contributed by atoms with van der Waals surface area (Å²) in [4.78, 5) is 12.1. The van der Waals surface area contributed by atoms with Gasteiger partial charge in [-0.15, -0.1) is 0 Å². The molecule has 0 radical (unpaired) electrons. The first-order valence-electron chi connectivity index (χ1n) is 7.14. The number of likely N-dealkylation sites (N-methyl/N-ethyl adjacent to an activating group) is 1. The van der Waals surface area contributed by atoms with Gasteiger partial charge in [0.1, 0.15) is 5.82 Å². The molecular formula is C16H16ClFN2O3S. The minimum absolute atomic E-state index is 0.0586. The van der Waals surface area contributed by atoms with Crippen LogP contribution in [-0.2, 0) is 14.8 Å². The van der Waals surface area contributed by atoms with Crippen LogP contribution in [0.2, 0.25) is 5.02 Å². The molecular weight excluding hydrogens is 355 g/mol. The number of nitrogens with zero attached hydrogens (tertiary/aromatic N) is 1. The maximum absolute atomic E-state index is 12.9. The van der Waals surface area contributed by atoms with E-state index in [1.165, 1.54) is 48.5 Å². The van der Waals surface area contributed by atoms with Crippen molar-refractivity contribution in [3.8, 4) is 0 Å². The molecule has 2 rings (SSSR count). The van der Waals surface area contributed by atoms with Crippen LogP contribution in [0.4, 0.5) is 10.1 Å². The third kappa shape index (κ3) is 4.53. The Hall–Kier alpha value is -1.96. The lowest BCUT2D eigenvalue weighted by molar-refractivity contribution is -0.116. The molecule has 0 unspecified atom stereocenters. The second-order valence-electron chi connectivity index (χ2n) is 4.94. The standard InChI is InChI=1S/C16H16ClFN2O3S/c1-2-20(24(22,23)15-9-3-12(17)4-10-15)11-16(21)19-14-7-5-13(18)6-8-14/h3-10H,2,11H2,1H3,(H,19,21). The number of halogens is 2. The number of carbonyl (C=O) groups excluding carboxylic acids is 1. The summed E-state index contributed by atoms with van der Waals surface area (Å²) in [5.41, 5.74) is 0.390. The molecule has 0 spiro atoms. The van der Waals surface area contributed by atoms with Gasteiger partial charge < -0.3 is 5.32 Å². The Bertz CT molecular complexity index is 808. The molecule has 8 heteroatoms. The maximum Gasteiger partial charge on any atom is 0.243 e. The van der Waals surface area contributed by atoms with Crippen molar-refractivity contribution in [3.63, 3.8) is 0 Å². The lowest BCUT2D eigenvalue weighted by atomic mass is 10.3. The van der Waals surface area contributed by atoms with Gasteiger partial charge in [0.05, 0.1) is 11.4 Å². The lowest BCUT2D eigenvalue weighted by Gasteiger charge is -2.20. The van der Waals surface area contributed by atoms with Crippen LogP contribution in [0.5, 0.6) is 0 Å². The first kappa shape index (κ1) is 18.4. The predicted octanol–water partition coefficient (Wildman–Crippen LogP) is 3.13. The van der Waals surface area contributed by atoms with Crippen LogP contribution < -0.4 is 5.32 Å². The summed E-state index contributed by atoms with van der Waals surface area (Å²) in [5.74, 6) is -0.936. The normalized spacial score (nSPS) is 11.5. The zero-order chi connectivity index (χ0) is 17.7. The summed E-state index contributed by atoms with van der Waals surface area (Å²) in [6.45, 7) is 1.42. The second-order valence-corrected chi connectivity index (χ2v) is 7.31. The Morgan fingerprint density at radius 2 is 1.71 bits per heavy atom. The van der Waals surface area contributed by atoms with Crippen molar-refractivity contribution >= 4 is 33.2 Å². The van der Waals surface area contributed by atoms with Crippen molar-refractivity contribution in [2.75, 3.05) is 18.4 Å².